The van der Waals surface area contributed by atoms with Gasteiger partial charge < -0.3 is 4.55 Å². The molecule has 3 nitrogen and oxygen atoms in total. The lowest BCUT2D eigenvalue weighted by molar-refractivity contribution is 0.443. The lowest BCUT2D eigenvalue weighted by Gasteiger charge is -2.22. The van der Waals surface area contributed by atoms with Crippen molar-refractivity contribution in [1.29, 1.82) is 0 Å². The molecule has 4 aromatic carbocycles. The van der Waals surface area contributed by atoms with E-state index in [4.69, 9.17) is 0 Å². The van der Waals surface area contributed by atoms with Gasteiger partial charge in [0, 0.05) is 6.07 Å². The molecule has 0 atom stereocenters. The summed E-state index contributed by atoms with van der Waals surface area (Å²) in [6.07, 6.45) is 6.93. The average molecular weight is 539 g/mol. The van der Waals surface area contributed by atoms with Crippen LogP contribution in [0.25, 0.3) is 0 Å². The quantitative estimate of drug-likeness (QED) is 0.193. The molecule has 0 amide bonds. The molecule has 0 heterocycles. The summed E-state index contributed by atoms with van der Waals surface area (Å²) in [6, 6.07) is 32.9. The van der Waals surface area contributed by atoms with E-state index in [1.165, 1.54) is 52.4 Å². The van der Waals surface area contributed by atoms with Gasteiger partial charge >= 0.3 is 0 Å². The van der Waals surface area contributed by atoms with E-state index in [1.807, 2.05) is 0 Å². The molecule has 0 saturated heterocycles. The maximum atomic E-state index is 12.5. The van der Waals surface area contributed by atoms with Crippen molar-refractivity contribution in [2.45, 2.75) is 57.6 Å². The smallest absolute Gasteiger partial charge is 0.166 e. The molecule has 5 rings (SSSR count). The first-order chi connectivity index (χ1) is 17.8. The number of halogens is 2. The highest BCUT2D eigenvalue weighted by molar-refractivity contribution is 7.97. The van der Waals surface area contributed by atoms with Crippen LogP contribution in [0.2, 0.25) is 0 Å². The van der Waals surface area contributed by atoms with E-state index < -0.39 is 26.6 Å². The van der Waals surface area contributed by atoms with Gasteiger partial charge in [-0.2, -0.15) is 0 Å². The minimum absolute atomic E-state index is 0.0278. The molecule has 0 radical (unpaired) electrons. The maximum absolute atomic E-state index is 12.5. The summed E-state index contributed by atoms with van der Waals surface area (Å²) in [5.74, 6) is -1.53. The van der Waals surface area contributed by atoms with Crippen LogP contribution in [0.5, 0.6) is 0 Å². The first-order valence-corrected chi connectivity index (χ1v) is 14.8. The van der Waals surface area contributed by atoms with E-state index in [0.717, 1.165) is 5.92 Å². The number of benzene rings is 4. The number of rotatable bonds is 5. The molecule has 0 aromatic heterocycles. The van der Waals surface area contributed by atoms with E-state index in [2.05, 4.69) is 84.9 Å². The van der Waals surface area contributed by atoms with Gasteiger partial charge in [0.25, 0.3) is 0 Å². The SMILES string of the molecule is O=S(=O)([O-])c1ccc(F)cc1F.c1ccc([S+](c2ccccc2)c2ccc(C3CCCCC3)cc2)cc1. The highest BCUT2D eigenvalue weighted by Gasteiger charge is 2.28. The van der Waals surface area contributed by atoms with Crippen molar-refractivity contribution < 1.29 is 21.8 Å². The van der Waals surface area contributed by atoms with Crippen LogP contribution in [0, 0.1) is 11.6 Å². The molecule has 0 aliphatic heterocycles. The molecule has 1 aliphatic rings. The molecule has 0 N–H and O–H groups in total. The Hall–Kier alpha value is -3.00. The van der Waals surface area contributed by atoms with Crippen molar-refractivity contribution in [1.82, 2.24) is 0 Å². The van der Waals surface area contributed by atoms with Crippen LogP contribution in [0.4, 0.5) is 8.78 Å². The van der Waals surface area contributed by atoms with Crippen molar-refractivity contribution in [3.63, 3.8) is 0 Å². The molecule has 1 fully saturated rings. The first kappa shape index (κ1) is 27.0. The number of hydrogen-bond donors (Lipinski definition) is 0. The van der Waals surface area contributed by atoms with Crippen LogP contribution < -0.4 is 0 Å². The van der Waals surface area contributed by atoms with Gasteiger partial charge in [-0.25, -0.2) is 17.2 Å². The third-order valence-corrected chi connectivity index (χ3v) is 9.41. The molecule has 0 bridgehead atoms. The molecule has 192 valence electrons. The second-order valence-electron chi connectivity index (χ2n) is 8.87. The fourth-order valence-electron chi connectivity index (χ4n) is 4.51. The van der Waals surface area contributed by atoms with Crippen LogP contribution in [0.1, 0.15) is 43.6 Å². The molecule has 7 heteroatoms. The van der Waals surface area contributed by atoms with Gasteiger partial charge in [-0.15, -0.1) is 0 Å². The van der Waals surface area contributed by atoms with E-state index in [1.54, 1.807) is 0 Å². The minimum Gasteiger partial charge on any atom is -0.744 e. The van der Waals surface area contributed by atoms with Crippen LogP contribution in [0.15, 0.2) is 123 Å². The van der Waals surface area contributed by atoms with E-state index in [9.17, 15) is 21.8 Å². The van der Waals surface area contributed by atoms with E-state index in [-0.39, 0.29) is 10.9 Å². The summed E-state index contributed by atoms with van der Waals surface area (Å²) >= 11 is 0. The van der Waals surface area contributed by atoms with Crippen molar-refractivity contribution >= 4 is 21.0 Å². The van der Waals surface area contributed by atoms with Crippen LogP contribution >= 0.6 is 0 Å². The lowest BCUT2D eigenvalue weighted by atomic mass is 9.84. The highest BCUT2D eigenvalue weighted by atomic mass is 32.2. The Morgan fingerprint density at radius 1 is 0.676 bits per heavy atom. The maximum Gasteiger partial charge on any atom is 0.166 e. The van der Waals surface area contributed by atoms with E-state index >= 15 is 0 Å². The van der Waals surface area contributed by atoms with Gasteiger partial charge in [-0.3, -0.25) is 0 Å². The van der Waals surface area contributed by atoms with Crippen LogP contribution in [-0.2, 0) is 21.0 Å². The van der Waals surface area contributed by atoms with Gasteiger partial charge in [0.05, 0.1) is 15.8 Å². The zero-order valence-corrected chi connectivity index (χ0v) is 21.9. The number of hydrogen-bond acceptors (Lipinski definition) is 3. The zero-order valence-electron chi connectivity index (χ0n) is 20.2. The van der Waals surface area contributed by atoms with Crippen molar-refractivity contribution in [3.8, 4) is 0 Å². The fourth-order valence-corrected chi connectivity index (χ4v) is 7.13. The third kappa shape index (κ3) is 7.28. The largest absolute Gasteiger partial charge is 0.744 e. The van der Waals surface area contributed by atoms with Gasteiger partial charge in [-0.1, -0.05) is 67.8 Å². The summed E-state index contributed by atoms with van der Waals surface area (Å²) in [6.45, 7) is 0. The lowest BCUT2D eigenvalue weighted by Crippen LogP contribution is -2.07. The summed E-state index contributed by atoms with van der Waals surface area (Å²) in [7, 11) is -4.87. The van der Waals surface area contributed by atoms with Gasteiger partial charge in [-0.05, 0) is 72.9 Å². The predicted octanol–water partition coefficient (Wildman–Crippen LogP) is 7.70. The Labute approximate surface area is 220 Å². The molecule has 37 heavy (non-hydrogen) atoms. The summed E-state index contributed by atoms with van der Waals surface area (Å²) in [5, 5.41) is 0. The van der Waals surface area contributed by atoms with E-state index in [0.29, 0.717) is 18.2 Å². The monoisotopic (exact) mass is 538 g/mol. The van der Waals surface area contributed by atoms with Crippen molar-refractivity contribution in [2.24, 2.45) is 0 Å². The van der Waals surface area contributed by atoms with Crippen molar-refractivity contribution in [3.05, 3.63) is 120 Å². The molecule has 1 saturated carbocycles. The average Bonchev–Trinajstić information content (AvgIpc) is 2.91. The fraction of sp³-hybridized carbons (Fsp3) is 0.200. The summed E-state index contributed by atoms with van der Waals surface area (Å²) in [5.41, 5.74) is 1.54. The topological polar surface area (TPSA) is 57.2 Å². The molecule has 4 aromatic rings. The molecule has 0 spiro atoms. The molecular weight excluding hydrogens is 510 g/mol. The Bertz CT molecular complexity index is 1350. The molecular formula is C30H28F2O3S2. The summed E-state index contributed by atoms with van der Waals surface area (Å²) in [4.78, 5) is 3.15. The molecule has 1 aliphatic carbocycles. The second kappa shape index (κ2) is 12.5. The Balaban J connectivity index is 0.000000225. The Kier molecular flexibility index (Phi) is 9.14. The minimum atomic E-state index is -4.84. The first-order valence-electron chi connectivity index (χ1n) is 12.2. The second-order valence-corrected chi connectivity index (χ2v) is 12.2. The Morgan fingerprint density at radius 3 is 1.68 bits per heavy atom. The third-order valence-electron chi connectivity index (χ3n) is 6.31. The normalized spacial score (nSPS) is 14.2. The zero-order chi connectivity index (χ0) is 26.3. The highest BCUT2D eigenvalue weighted by Crippen LogP contribution is 2.35. The summed E-state index contributed by atoms with van der Waals surface area (Å²) < 4.78 is 55.5. The van der Waals surface area contributed by atoms with Gasteiger partial charge in [0.15, 0.2) is 14.7 Å². The van der Waals surface area contributed by atoms with Crippen LogP contribution in [0.3, 0.4) is 0 Å². The molecule has 0 unspecified atom stereocenters. The van der Waals surface area contributed by atoms with Crippen molar-refractivity contribution in [2.75, 3.05) is 0 Å². The van der Waals surface area contributed by atoms with Crippen LogP contribution in [-0.4, -0.2) is 13.0 Å². The predicted molar refractivity (Wildman–Crippen MR) is 142 cm³/mol. The standard InChI is InChI=1S/C24H25S.C6H4F2O3S/c1-4-10-20(11-5-1)21-16-18-24(19-17-21)25(22-12-6-2-7-13-22)23-14-8-3-9-15-23;7-4-1-2-6(5(8)3-4)12(9,10)11/h2-3,6-9,12-20H,1,4-5,10-11H2;1-3H,(H,9,10,11)/q+1;/p-1. The van der Waals surface area contributed by atoms with Gasteiger partial charge in [0.2, 0.25) is 0 Å². The van der Waals surface area contributed by atoms with Gasteiger partial charge in [0.1, 0.15) is 21.8 Å². The Morgan fingerprint density at radius 2 is 1.19 bits per heavy atom.